The molecule has 0 fully saturated rings. The summed E-state index contributed by atoms with van der Waals surface area (Å²) >= 11 is 0. The molecule has 2 rings (SSSR count). The van der Waals surface area contributed by atoms with Crippen LogP contribution in [0.5, 0.6) is 0 Å². The van der Waals surface area contributed by atoms with Crippen LogP contribution < -0.4 is 0 Å². The Hall–Kier alpha value is -1.46. The quantitative estimate of drug-likeness (QED) is 0.821. The molecule has 1 aromatic carbocycles. The number of aromatic nitrogens is 1. The summed E-state index contributed by atoms with van der Waals surface area (Å²) in [4.78, 5) is 6.41. The van der Waals surface area contributed by atoms with E-state index < -0.39 is 10.8 Å². The highest BCUT2D eigenvalue weighted by atomic mass is 32.2. The first-order valence-corrected chi connectivity index (χ1v) is 8.29. The van der Waals surface area contributed by atoms with Crippen LogP contribution in [0.3, 0.4) is 0 Å². The fourth-order valence-electron chi connectivity index (χ4n) is 1.96. The first kappa shape index (κ1) is 14.9. The summed E-state index contributed by atoms with van der Waals surface area (Å²) in [6, 6.07) is 10.1. The van der Waals surface area contributed by atoms with E-state index in [9.17, 15) is 4.21 Å². The maximum absolute atomic E-state index is 11.2. The zero-order valence-electron chi connectivity index (χ0n) is 12.1. The minimum atomic E-state index is -0.791. The van der Waals surface area contributed by atoms with E-state index in [1.807, 2.05) is 37.4 Å². The molecule has 0 aliphatic heterocycles. The van der Waals surface area contributed by atoms with Gasteiger partial charge in [-0.3, -0.25) is 9.11 Å². The highest BCUT2D eigenvalue weighted by Gasteiger charge is 2.14. The molecule has 108 valence electrons. The van der Waals surface area contributed by atoms with Crippen LogP contribution >= 0.6 is 0 Å². The van der Waals surface area contributed by atoms with Crippen LogP contribution in [-0.2, 0) is 17.3 Å². The molecule has 0 amide bonds. The lowest BCUT2D eigenvalue weighted by molar-refractivity contribution is 0.242. The Balaban J connectivity index is 2.01. The molecule has 20 heavy (non-hydrogen) atoms. The van der Waals surface area contributed by atoms with Gasteiger partial charge in [-0.1, -0.05) is 30.3 Å². The van der Waals surface area contributed by atoms with Crippen molar-refractivity contribution >= 4 is 10.8 Å². The Morgan fingerprint density at radius 2 is 2.05 bits per heavy atom. The van der Waals surface area contributed by atoms with Gasteiger partial charge in [-0.25, -0.2) is 4.98 Å². The fraction of sp³-hybridized carbons (Fsp3) is 0.400. The summed E-state index contributed by atoms with van der Waals surface area (Å²) in [5.41, 5.74) is 1.02. The second-order valence-electron chi connectivity index (χ2n) is 4.99. The van der Waals surface area contributed by atoms with Crippen molar-refractivity contribution in [2.45, 2.75) is 19.5 Å². The predicted octanol–water partition coefficient (Wildman–Crippen LogP) is 2.54. The standard InChI is InChI=1S/C15H20N2O2S/c1-12(11-20(3)18)17(2)10-15-16-9-14(19-15)13-7-5-4-6-8-13/h4-9,12H,10-11H2,1-3H3/t12-,20-/m1/s1. The Kier molecular flexibility index (Phi) is 5.09. The van der Waals surface area contributed by atoms with Crippen molar-refractivity contribution in [2.75, 3.05) is 19.1 Å². The van der Waals surface area contributed by atoms with Gasteiger partial charge >= 0.3 is 0 Å². The van der Waals surface area contributed by atoms with E-state index in [-0.39, 0.29) is 6.04 Å². The summed E-state index contributed by atoms with van der Waals surface area (Å²) < 4.78 is 17.0. The van der Waals surface area contributed by atoms with Crippen molar-refractivity contribution in [1.82, 2.24) is 9.88 Å². The smallest absolute Gasteiger partial charge is 0.209 e. The lowest BCUT2D eigenvalue weighted by Gasteiger charge is -2.22. The minimum Gasteiger partial charge on any atom is -0.439 e. The number of nitrogens with zero attached hydrogens (tertiary/aromatic N) is 2. The normalized spacial score (nSPS) is 14.4. The van der Waals surface area contributed by atoms with Crippen LogP contribution in [0.1, 0.15) is 12.8 Å². The van der Waals surface area contributed by atoms with Gasteiger partial charge in [-0.15, -0.1) is 0 Å². The Bertz CT molecular complexity index is 568. The van der Waals surface area contributed by atoms with Crippen molar-refractivity contribution in [1.29, 1.82) is 0 Å². The molecule has 0 unspecified atom stereocenters. The minimum absolute atomic E-state index is 0.230. The van der Waals surface area contributed by atoms with Crippen LogP contribution in [0.4, 0.5) is 0 Å². The number of benzene rings is 1. The summed E-state index contributed by atoms with van der Waals surface area (Å²) in [6.45, 7) is 2.67. The molecule has 0 radical (unpaired) electrons. The summed E-state index contributed by atoms with van der Waals surface area (Å²) in [5, 5.41) is 0. The van der Waals surface area contributed by atoms with Gasteiger partial charge in [0.25, 0.3) is 0 Å². The van der Waals surface area contributed by atoms with E-state index in [1.54, 1.807) is 12.5 Å². The molecular weight excluding hydrogens is 272 g/mol. The second-order valence-corrected chi connectivity index (χ2v) is 6.47. The summed E-state index contributed by atoms with van der Waals surface area (Å²) in [6.07, 6.45) is 3.48. The van der Waals surface area contributed by atoms with E-state index in [0.717, 1.165) is 11.3 Å². The van der Waals surface area contributed by atoms with Crippen LogP contribution in [0.15, 0.2) is 40.9 Å². The number of rotatable bonds is 6. The van der Waals surface area contributed by atoms with Crippen molar-refractivity contribution in [3.05, 3.63) is 42.4 Å². The molecule has 0 bridgehead atoms. The molecule has 0 aliphatic carbocycles. The van der Waals surface area contributed by atoms with E-state index >= 15 is 0 Å². The number of hydrogen-bond donors (Lipinski definition) is 0. The molecule has 2 atom stereocenters. The SMILES string of the molecule is C[C@H](C[S@@](C)=O)N(C)Cc1ncc(-c2ccccc2)o1. The molecule has 0 spiro atoms. The summed E-state index contributed by atoms with van der Waals surface area (Å²) in [7, 11) is 1.20. The van der Waals surface area contributed by atoms with Gasteiger partial charge < -0.3 is 4.42 Å². The van der Waals surface area contributed by atoms with Crippen LogP contribution in [0.25, 0.3) is 11.3 Å². The lowest BCUT2D eigenvalue weighted by Crippen LogP contribution is -2.32. The van der Waals surface area contributed by atoms with Gasteiger partial charge in [0.05, 0.1) is 12.7 Å². The van der Waals surface area contributed by atoms with E-state index in [0.29, 0.717) is 18.2 Å². The first-order valence-electron chi connectivity index (χ1n) is 6.56. The average molecular weight is 292 g/mol. The largest absolute Gasteiger partial charge is 0.439 e. The highest BCUT2D eigenvalue weighted by Crippen LogP contribution is 2.20. The predicted molar refractivity (Wildman–Crippen MR) is 81.8 cm³/mol. The van der Waals surface area contributed by atoms with Gasteiger partial charge in [-0.2, -0.15) is 0 Å². The summed E-state index contributed by atoms with van der Waals surface area (Å²) in [5.74, 6) is 2.11. The Morgan fingerprint density at radius 3 is 2.70 bits per heavy atom. The molecule has 2 aromatic rings. The average Bonchev–Trinajstić information content (AvgIpc) is 2.87. The molecular formula is C15H20N2O2S. The monoisotopic (exact) mass is 292 g/mol. The van der Waals surface area contributed by atoms with Crippen molar-refractivity contribution < 1.29 is 8.63 Å². The number of oxazole rings is 1. The third-order valence-electron chi connectivity index (χ3n) is 3.22. The lowest BCUT2D eigenvalue weighted by atomic mass is 10.2. The van der Waals surface area contributed by atoms with Crippen molar-refractivity contribution in [2.24, 2.45) is 0 Å². The molecule has 1 heterocycles. The van der Waals surface area contributed by atoms with Gasteiger partial charge in [0, 0.05) is 34.4 Å². The highest BCUT2D eigenvalue weighted by molar-refractivity contribution is 7.84. The maximum Gasteiger partial charge on any atom is 0.209 e. The van der Waals surface area contributed by atoms with Crippen LogP contribution in [0, 0.1) is 0 Å². The third kappa shape index (κ3) is 4.02. The van der Waals surface area contributed by atoms with Crippen molar-refractivity contribution in [3.63, 3.8) is 0 Å². The maximum atomic E-state index is 11.2. The molecule has 1 aromatic heterocycles. The molecule has 0 saturated carbocycles. The Labute approximate surface area is 122 Å². The van der Waals surface area contributed by atoms with Crippen LogP contribution in [0.2, 0.25) is 0 Å². The zero-order valence-corrected chi connectivity index (χ0v) is 12.9. The Morgan fingerprint density at radius 1 is 1.35 bits per heavy atom. The number of hydrogen-bond acceptors (Lipinski definition) is 4. The molecule has 5 heteroatoms. The first-order chi connectivity index (χ1) is 9.56. The molecule has 0 saturated heterocycles. The van der Waals surface area contributed by atoms with Gasteiger partial charge in [0.1, 0.15) is 0 Å². The second kappa shape index (κ2) is 6.81. The topological polar surface area (TPSA) is 46.3 Å². The van der Waals surface area contributed by atoms with E-state index in [1.165, 1.54) is 0 Å². The van der Waals surface area contributed by atoms with Crippen LogP contribution in [-0.4, -0.2) is 39.2 Å². The van der Waals surface area contributed by atoms with E-state index in [2.05, 4.69) is 16.8 Å². The van der Waals surface area contributed by atoms with Gasteiger partial charge in [0.15, 0.2) is 5.76 Å². The zero-order chi connectivity index (χ0) is 14.5. The third-order valence-corrected chi connectivity index (χ3v) is 4.18. The van der Waals surface area contributed by atoms with E-state index in [4.69, 9.17) is 4.42 Å². The molecule has 0 aliphatic rings. The van der Waals surface area contributed by atoms with Gasteiger partial charge in [0.2, 0.25) is 5.89 Å². The molecule has 4 nitrogen and oxygen atoms in total. The fourth-order valence-corrected chi connectivity index (χ4v) is 2.89. The van der Waals surface area contributed by atoms with Gasteiger partial charge in [-0.05, 0) is 14.0 Å². The molecule has 0 N–H and O–H groups in total. The van der Waals surface area contributed by atoms with Crippen molar-refractivity contribution in [3.8, 4) is 11.3 Å².